The number of ketones is 1. The van der Waals surface area contributed by atoms with Crippen molar-refractivity contribution in [2.24, 2.45) is 0 Å². The smallest absolute Gasteiger partial charge is 0.413 e. The molecule has 1 aliphatic carbocycles. The molecule has 0 spiro atoms. The summed E-state index contributed by atoms with van der Waals surface area (Å²) in [6, 6.07) is 4.59. The van der Waals surface area contributed by atoms with Crippen LogP contribution in [-0.2, 0) is 0 Å². The van der Waals surface area contributed by atoms with Crippen molar-refractivity contribution in [2.75, 3.05) is 14.2 Å². The average Bonchev–Trinajstić information content (AvgIpc) is 3.41. The summed E-state index contributed by atoms with van der Waals surface area (Å²) in [5, 5.41) is 5.42. The molecule has 1 atom stereocenters. The van der Waals surface area contributed by atoms with Gasteiger partial charge >= 0.3 is 6.09 Å². The number of fused-ring (bicyclic) bond motifs is 2. The quantitative estimate of drug-likeness (QED) is 0.530. The molecule has 1 aliphatic rings. The first kappa shape index (κ1) is 22.8. The molecule has 4 rings (SSSR count). The second-order valence-corrected chi connectivity index (χ2v) is 8.76. The van der Waals surface area contributed by atoms with E-state index in [-0.39, 0.29) is 29.6 Å². The number of rotatable bonds is 7. The first-order chi connectivity index (χ1) is 15.9. The van der Waals surface area contributed by atoms with Crippen molar-refractivity contribution in [3.05, 3.63) is 50.6 Å². The Kier molecular flexibility index (Phi) is 6.42. The van der Waals surface area contributed by atoms with Crippen molar-refractivity contribution < 1.29 is 23.8 Å². The molecule has 1 unspecified atom stereocenters. The predicted molar refractivity (Wildman–Crippen MR) is 126 cm³/mol. The molecular formula is C24H26N2O6S. The van der Waals surface area contributed by atoms with Crippen LogP contribution in [0.5, 0.6) is 17.2 Å². The highest BCUT2D eigenvalue weighted by molar-refractivity contribution is 7.12. The zero-order valence-electron chi connectivity index (χ0n) is 19.0. The van der Waals surface area contributed by atoms with Gasteiger partial charge in [0.2, 0.25) is 0 Å². The van der Waals surface area contributed by atoms with Gasteiger partial charge < -0.3 is 24.1 Å². The van der Waals surface area contributed by atoms with Gasteiger partial charge in [-0.1, -0.05) is 13.8 Å². The van der Waals surface area contributed by atoms with Crippen LogP contribution in [0.4, 0.5) is 4.79 Å². The number of ether oxygens (including phenoxy) is 3. The summed E-state index contributed by atoms with van der Waals surface area (Å²) in [5.74, 6) is 1.06. The molecule has 1 amide bonds. The highest BCUT2D eigenvalue weighted by atomic mass is 32.1. The summed E-state index contributed by atoms with van der Waals surface area (Å²) in [5.41, 5.74) is 0.608. The van der Waals surface area contributed by atoms with Gasteiger partial charge in [0.05, 0.1) is 36.7 Å². The lowest BCUT2D eigenvalue weighted by atomic mass is 10.1. The largest absolute Gasteiger partial charge is 0.493 e. The van der Waals surface area contributed by atoms with Crippen molar-refractivity contribution in [3.63, 3.8) is 0 Å². The van der Waals surface area contributed by atoms with Crippen LogP contribution in [0.15, 0.2) is 34.6 Å². The second kappa shape index (κ2) is 9.27. The Bertz CT molecular complexity index is 1270. The molecule has 0 saturated heterocycles. The first-order valence-electron chi connectivity index (χ1n) is 10.8. The molecule has 9 heteroatoms. The van der Waals surface area contributed by atoms with Gasteiger partial charge in [0.1, 0.15) is 0 Å². The van der Waals surface area contributed by atoms with Crippen LogP contribution in [0.2, 0.25) is 0 Å². The normalized spacial score (nSPS) is 15.1. The topological polar surface area (TPSA) is 95.9 Å². The summed E-state index contributed by atoms with van der Waals surface area (Å²) < 4.78 is 18.1. The fourth-order valence-electron chi connectivity index (χ4n) is 4.30. The molecule has 0 aliphatic heterocycles. The first-order valence-corrected chi connectivity index (χ1v) is 11.7. The minimum Gasteiger partial charge on any atom is -0.493 e. The van der Waals surface area contributed by atoms with E-state index in [1.165, 1.54) is 25.6 Å². The number of nitrogens with one attached hydrogen (secondary N) is 1. The molecule has 2 heterocycles. The molecule has 33 heavy (non-hydrogen) atoms. The summed E-state index contributed by atoms with van der Waals surface area (Å²) in [4.78, 5) is 39.0. The highest BCUT2D eigenvalue weighted by Crippen LogP contribution is 2.37. The Hall–Kier alpha value is -3.33. The minimum absolute atomic E-state index is 0.00913. The number of hydrogen-bond donors (Lipinski definition) is 1. The molecule has 174 valence electrons. The summed E-state index contributed by atoms with van der Waals surface area (Å²) in [7, 11) is 3.00. The Balaban J connectivity index is 1.75. The maximum atomic E-state index is 13.3. The lowest BCUT2D eigenvalue weighted by Gasteiger charge is -2.20. The van der Waals surface area contributed by atoms with Crippen molar-refractivity contribution in [1.82, 2.24) is 9.88 Å². The number of amides is 1. The van der Waals surface area contributed by atoms with E-state index in [1.807, 2.05) is 25.3 Å². The lowest BCUT2D eigenvalue weighted by Crippen LogP contribution is -2.31. The van der Waals surface area contributed by atoms with E-state index in [0.29, 0.717) is 27.1 Å². The molecule has 3 aromatic rings. The number of benzene rings is 1. The Labute approximate surface area is 195 Å². The van der Waals surface area contributed by atoms with Gasteiger partial charge in [-0.3, -0.25) is 9.59 Å². The Morgan fingerprint density at radius 2 is 1.79 bits per heavy atom. The molecule has 0 radical (unpaired) electrons. The predicted octanol–water partition coefficient (Wildman–Crippen LogP) is 4.86. The van der Waals surface area contributed by atoms with Crippen LogP contribution < -0.4 is 25.1 Å². The number of pyridine rings is 1. The van der Waals surface area contributed by atoms with Crippen molar-refractivity contribution in [2.45, 2.75) is 45.2 Å². The number of carbonyl (C=O) groups is 2. The van der Waals surface area contributed by atoms with Gasteiger partial charge in [-0.05, 0) is 42.0 Å². The molecule has 0 fully saturated rings. The van der Waals surface area contributed by atoms with E-state index >= 15 is 0 Å². The van der Waals surface area contributed by atoms with Crippen molar-refractivity contribution in [3.8, 4) is 17.2 Å². The van der Waals surface area contributed by atoms with Gasteiger partial charge in [-0.15, -0.1) is 11.3 Å². The maximum Gasteiger partial charge on any atom is 0.413 e. The number of carbonyl (C=O) groups excluding carboxylic acids is 2. The monoisotopic (exact) mass is 470 g/mol. The summed E-state index contributed by atoms with van der Waals surface area (Å²) >= 11 is 1.37. The molecule has 1 N–H and O–H groups in total. The van der Waals surface area contributed by atoms with Gasteiger partial charge in [-0.25, -0.2) is 4.79 Å². The molecule has 0 bridgehead atoms. The molecule has 0 saturated carbocycles. The van der Waals surface area contributed by atoms with Gasteiger partial charge in [-0.2, -0.15) is 0 Å². The highest BCUT2D eigenvalue weighted by Gasteiger charge is 2.32. The van der Waals surface area contributed by atoms with Gasteiger partial charge in [0, 0.05) is 17.8 Å². The van der Waals surface area contributed by atoms with Crippen LogP contribution in [0.1, 0.15) is 60.4 Å². The third-order valence-corrected chi connectivity index (χ3v) is 7.03. The molecule has 8 nitrogen and oxygen atoms in total. The van der Waals surface area contributed by atoms with Gasteiger partial charge in [0.15, 0.2) is 23.0 Å². The van der Waals surface area contributed by atoms with Crippen LogP contribution in [0.25, 0.3) is 10.8 Å². The number of hydrogen-bond acceptors (Lipinski definition) is 7. The third kappa shape index (κ3) is 4.08. The summed E-state index contributed by atoms with van der Waals surface area (Å²) in [6.45, 7) is 4.00. The van der Waals surface area contributed by atoms with Crippen LogP contribution >= 0.6 is 11.3 Å². The zero-order valence-corrected chi connectivity index (χ0v) is 19.8. The number of methoxy groups -OCH3 is 2. The SMILES string of the molecule is CCC(CC)n1cc(OC(=O)NC2CC(=O)c3sccc32)c2cc(OC)c(OC)cc2c1=O. The second-order valence-electron chi connectivity index (χ2n) is 7.85. The zero-order chi connectivity index (χ0) is 23.7. The van der Waals surface area contributed by atoms with E-state index in [0.717, 1.165) is 18.4 Å². The summed E-state index contributed by atoms with van der Waals surface area (Å²) in [6.07, 6.45) is 2.56. The van der Waals surface area contributed by atoms with Crippen LogP contribution in [0.3, 0.4) is 0 Å². The lowest BCUT2D eigenvalue weighted by molar-refractivity contribution is 0.0989. The molecule has 2 aromatic heterocycles. The molecular weight excluding hydrogens is 444 g/mol. The Morgan fingerprint density at radius 3 is 2.42 bits per heavy atom. The standard InChI is InChI=1S/C24H26N2O6S/c1-5-13(6-2)26-12-21(15-9-19(30-3)20(31-4)10-16(15)23(26)28)32-24(29)25-17-11-18(27)22-14(17)7-8-33-22/h7-10,12-13,17H,5-6,11H2,1-4H3,(H,25,29). The molecule has 1 aromatic carbocycles. The van der Waals surface area contributed by atoms with E-state index in [1.54, 1.807) is 22.9 Å². The van der Waals surface area contributed by atoms with E-state index in [4.69, 9.17) is 14.2 Å². The average molecular weight is 471 g/mol. The van der Waals surface area contributed by atoms with Crippen molar-refractivity contribution >= 4 is 34.0 Å². The van der Waals surface area contributed by atoms with Crippen molar-refractivity contribution in [1.29, 1.82) is 0 Å². The third-order valence-electron chi connectivity index (χ3n) is 6.05. The fourth-order valence-corrected chi connectivity index (χ4v) is 5.21. The number of nitrogens with zero attached hydrogens (tertiary/aromatic N) is 1. The minimum atomic E-state index is -0.697. The number of thiophene rings is 1. The van der Waals surface area contributed by atoms with E-state index < -0.39 is 12.1 Å². The van der Waals surface area contributed by atoms with E-state index in [2.05, 4.69) is 5.32 Å². The van der Waals surface area contributed by atoms with Crippen LogP contribution in [0, 0.1) is 0 Å². The van der Waals surface area contributed by atoms with Gasteiger partial charge in [0.25, 0.3) is 5.56 Å². The van der Waals surface area contributed by atoms with E-state index in [9.17, 15) is 14.4 Å². The number of Topliss-reactive ketones (excluding diaryl/α,β-unsaturated/α-hetero) is 1. The van der Waals surface area contributed by atoms with Crippen LogP contribution in [-0.4, -0.2) is 30.7 Å². The number of aromatic nitrogens is 1. The maximum absolute atomic E-state index is 13.3. The fraction of sp³-hybridized carbons (Fsp3) is 0.375. The Morgan fingerprint density at radius 1 is 1.12 bits per heavy atom.